The molecule has 0 aromatic carbocycles. The maximum absolute atomic E-state index is 13.7. The molecule has 3 atom stereocenters. The number of rotatable bonds is 9. The summed E-state index contributed by atoms with van der Waals surface area (Å²) in [6, 6.07) is 5.33. The molecule has 4 heterocycles. The third-order valence-corrected chi connectivity index (χ3v) is 9.05. The molecule has 0 aliphatic carbocycles. The second-order valence-corrected chi connectivity index (χ2v) is 12.0. The second-order valence-electron chi connectivity index (χ2n) is 9.20. The van der Waals surface area contributed by atoms with Gasteiger partial charge in [0.1, 0.15) is 28.9 Å². The Labute approximate surface area is 221 Å². The predicted octanol–water partition coefficient (Wildman–Crippen LogP) is 4.80. The van der Waals surface area contributed by atoms with Crippen LogP contribution >= 0.6 is 11.6 Å². The minimum atomic E-state index is -3.70. The van der Waals surface area contributed by atoms with Crippen molar-refractivity contribution in [2.24, 2.45) is 0 Å². The Balaban J connectivity index is 1.79. The Morgan fingerprint density at radius 3 is 2.38 bits per heavy atom. The van der Waals surface area contributed by atoms with Crippen LogP contribution in [0.3, 0.4) is 0 Å². The average Bonchev–Trinajstić information content (AvgIpc) is 3.42. The fourth-order valence-corrected chi connectivity index (χ4v) is 6.12. The van der Waals surface area contributed by atoms with Crippen LogP contribution in [-0.2, 0) is 15.6 Å². The van der Waals surface area contributed by atoms with Gasteiger partial charge in [-0.2, -0.15) is 0 Å². The molecule has 0 aliphatic rings. The Bertz CT molecular complexity index is 1480. The highest BCUT2D eigenvalue weighted by Crippen LogP contribution is 2.34. The number of hydrogen-bond donors (Lipinski definition) is 0. The van der Waals surface area contributed by atoms with Crippen LogP contribution in [0.15, 0.2) is 35.1 Å². The molecule has 0 unspecified atom stereocenters. The molecule has 0 radical (unpaired) electrons. The van der Waals surface area contributed by atoms with Gasteiger partial charge in [-0.1, -0.05) is 36.7 Å². The van der Waals surface area contributed by atoms with E-state index in [1.165, 1.54) is 12.4 Å². The molecule has 4 rings (SSSR count). The van der Waals surface area contributed by atoms with Crippen molar-refractivity contribution in [3.63, 3.8) is 0 Å². The van der Waals surface area contributed by atoms with Gasteiger partial charge >= 0.3 is 0 Å². The molecular formula is C25H30ClN7O3S. The van der Waals surface area contributed by atoms with Gasteiger partial charge in [-0.3, -0.25) is 0 Å². The molecule has 0 saturated carbocycles. The van der Waals surface area contributed by atoms with E-state index in [9.17, 15) is 8.42 Å². The topological polar surface area (TPSA) is 130 Å². The first-order chi connectivity index (χ1) is 17.5. The molecule has 0 aliphatic heterocycles. The first-order valence-electron chi connectivity index (χ1n) is 12.0. The van der Waals surface area contributed by atoms with E-state index in [1.54, 1.807) is 13.8 Å². The fourth-order valence-electron chi connectivity index (χ4n) is 4.46. The van der Waals surface area contributed by atoms with Gasteiger partial charge in [0.05, 0.1) is 22.0 Å². The summed E-state index contributed by atoms with van der Waals surface area (Å²) in [4.78, 5) is 13.1. The summed E-state index contributed by atoms with van der Waals surface area (Å²) in [6.07, 6.45) is 3.57. The van der Waals surface area contributed by atoms with Gasteiger partial charge < -0.3 is 9.09 Å². The first-order valence-corrected chi connectivity index (χ1v) is 14.1. The quantitative estimate of drug-likeness (QED) is 0.292. The highest BCUT2D eigenvalue weighted by Gasteiger charge is 2.34. The zero-order valence-electron chi connectivity index (χ0n) is 21.7. The maximum Gasteiger partial charge on any atom is 0.183 e. The van der Waals surface area contributed by atoms with E-state index in [0.717, 1.165) is 17.0 Å². The molecule has 10 nitrogen and oxygen atoms in total. The van der Waals surface area contributed by atoms with E-state index in [-0.39, 0.29) is 11.8 Å². The zero-order valence-corrected chi connectivity index (χ0v) is 23.2. The van der Waals surface area contributed by atoms with Gasteiger partial charge in [-0.05, 0) is 46.2 Å². The van der Waals surface area contributed by atoms with Crippen molar-refractivity contribution in [3.05, 3.63) is 70.0 Å². The number of nitrogens with zero attached hydrogens (tertiary/aromatic N) is 7. The molecule has 0 bridgehead atoms. The second kappa shape index (κ2) is 10.7. The summed E-state index contributed by atoms with van der Waals surface area (Å²) in [6.45, 7) is 11.1. The van der Waals surface area contributed by atoms with Crippen LogP contribution in [0.1, 0.15) is 73.5 Å². The lowest BCUT2D eigenvalue weighted by atomic mass is 10.0. The van der Waals surface area contributed by atoms with Gasteiger partial charge in [0.15, 0.2) is 15.7 Å². The van der Waals surface area contributed by atoms with Gasteiger partial charge in [0, 0.05) is 29.6 Å². The summed E-state index contributed by atoms with van der Waals surface area (Å²) < 4.78 is 34.6. The van der Waals surface area contributed by atoms with Gasteiger partial charge in [-0.15, -0.1) is 10.2 Å². The van der Waals surface area contributed by atoms with Crippen LogP contribution in [0, 0.1) is 20.8 Å². The van der Waals surface area contributed by atoms with Crippen LogP contribution < -0.4 is 0 Å². The minimum absolute atomic E-state index is 0.295. The number of pyridine rings is 1. The number of hydrogen-bond acceptors (Lipinski definition) is 9. The molecule has 4 aromatic rings. The van der Waals surface area contributed by atoms with Crippen LogP contribution in [0.4, 0.5) is 0 Å². The average molecular weight is 544 g/mol. The van der Waals surface area contributed by atoms with E-state index in [0.29, 0.717) is 40.4 Å². The Kier molecular flexibility index (Phi) is 7.75. The third kappa shape index (κ3) is 5.42. The normalized spacial score (nSPS) is 14.5. The van der Waals surface area contributed by atoms with Crippen LogP contribution in [0.5, 0.6) is 0 Å². The lowest BCUT2D eigenvalue weighted by Crippen LogP contribution is -2.28. The monoisotopic (exact) mass is 543 g/mol. The molecule has 4 aromatic heterocycles. The number of halogens is 1. The summed E-state index contributed by atoms with van der Waals surface area (Å²) in [5, 5.41) is 12.5. The summed E-state index contributed by atoms with van der Waals surface area (Å²) in [5.41, 5.74) is 3.04. The van der Waals surface area contributed by atoms with Gasteiger partial charge in [-0.25, -0.2) is 23.4 Å². The molecule has 0 saturated heterocycles. The summed E-state index contributed by atoms with van der Waals surface area (Å²) in [5.74, 6) is 1.11. The van der Waals surface area contributed by atoms with E-state index < -0.39 is 21.0 Å². The SMILES string of the molecule is CC[C@H](c1c(C)noc1C)n1c(CS(=O)(=O)[C@@H](C)[C@H](C)c2ncc(Cl)cn2)nnc1-c1cccc(C)n1. The van der Waals surface area contributed by atoms with Crippen molar-refractivity contribution in [2.75, 3.05) is 0 Å². The molecule has 37 heavy (non-hydrogen) atoms. The Morgan fingerprint density at radius 1 is 1.08 bits per heavy atom. The molecule has 0 amide bonds. The number of aryl methyl sites for hydroxylation is 3. The fraction of sp³-hybridized carbons (Fsp3) is 0.440. The highest BCUT2D eigenvalue weighted by molar-refractivity contribution is 7.91. The van der Waals surface area contributed by atoms with Gasteiger partial charge in [0.25, 0.3) is 0 Å². The van der Waals surface area contributed by atoms with Crippen molar-refractivity contribution in [1.82, 2.24) is 34.9 Å². The largest absolute Gasteiger partial charge is 0.361 e. The van der Waals surface area contributed by atoms with Crippen LogP contribution in [0.25, 0.3) is 11.5 Å². The van der Waals surface area contributed by atoms with Crippen molar-refractivity contribution in [2.45, 2.75) is 70.9 Å². The highest BCUT2D eigenvalue weighted by atomic mass is 35.5. The van der Waals surface area contributed by atoms with Crippen LogP contribution in [-0.4, -0.2) is 48.5 Å². The molecular weight excluding hydrogens is 514 g/mol. The zero-order chi connectivity index (χ0) is 26.9. The Morgan fingerprint density at radius 2 is 1.78 bits per heavy atom. The summed E-state index contributed by atoms with van der Waals surface area (Å²) >= 11 is 5.90. The Hall–Kier alpha value is -3.18. The predicted molar refractivity (Wildman–Crippen MR) is 140 cm³/mol. The van der Waals surface area contributed by atoms with Crippen molar-refractivity contribution < 1.29 is 12.9 Å². The number of sulfone groups is 1. The van der Waals surface area contributed by atoms with Crippen molar-refractivity contribution >= 4 is 21.4 Å². The van der Waals surface area contributed by atoms with Gasteiger partial charge in [0.2, 0.25) is 0 Å². The molecule has 0 spiro atoms. The smallest absolute Gasteiger partial charge is 0.183 e. The molecule has 196 valence electrons. The minimum Gasteiger partial charge on any atom is -0.361 e. The lowest BCUT2D eigenvalue weighted by molar-refractivity contribution is 0.390. The molecule has 12 heteroatoms. The van der Waals surface area contributed by atoms with Crippen LogP contribution in [0.2, 0.25) is 5.02 Å². The van der Waals surface area contributed by atoms with E-state index >= 15 is 0 Å². The number of aromatic nitrogens is 7. The third-order valence-electron chi connectivity index (χ3n) is 6.65. The van der Waals surface area contributed by atoms with Crippen molar-refractivity contribution in [3.8, 4) is 11.5 Å². The summed E-state index contributed by atoms with van der Waals surface area (Å²) in [7, 11) is -3.70. The van der Waals surface area contributed by atoms with E-state index in [4.69, 9.17) is 16.1 Å². The standard InChI is InChI=1S/C25H30ClN7O3S/c1-7-21(23-16(4)32-36-17(23)5)33-22(30-31-25(33)20-10-8-9-14(2)29-20)13-37(34,35)18(6)15(3)24-27-11-19(26)12-28-24/h8-12,15,18,21H,7,13H2,1-6H3/t15-,18-,21+/m0/s1. The van der Waals surface area contributed by atoms with E-state index in [1.807, 2.05) is 50.5 Å². The first kappa shape index (κ1) is 26.9. The molecule has 0 N–H and O–H groups in total. The van der Waals surface area contributed by atoms with Crippen molar-refractivity contribution in [1.29, 1.82) is 0 Å². The van der Waals surface area contributed by atoms with E-state index in [2.05, 4.69) is 30.3 Å². The maximum atomic E-state index is 13.7. The molecule has 0 fully saturated rings. The lowest BCUT2D eigenvalue weighted by Gasteiger charge is -2.23.